The van der Waals surface area contributed by atoms with Gasteiger partial charge < -0.3 is 19.5 Å². The van der Waals surface area contributed by atoms with Gasteiger partial charge in [-0.25, -0.2) is 0 Å². The van der Waals surface area contributed by atoms with Gasteiger partial charge in [-0.3, -0.25) is 9.59 Å². The van der Waals surface area contributed by atoms with Crippen LogP contribution in [0.4, 0.5) is 0 Å². The largest absolute Gasteiger partial charge is 0.493 e. The standard InChI is InChI=1S/C18H18N2O4/c1-10-7-8-13(17(21)19-10)18(22)20-11(2)15-9-12-5-4-6-14(23-3)16(12)24-15/h4-9,11H,1-3H3,(H,19,21)(H,20,22)/t11-/m0/s1. The number of aromatic amines is 1. The van der Waals surface area contributed by atoms with E-state index in [0.717, 1.165) is 5.39 Å². The third kappa shape index (κ3) is 2.90. The molecule has 0 unspecified atom stereocenters. The SMILES string of the molecule is COc1cccc2cc([C@H](C)NC(=O)c3ccc(C)[nH]c3=O)oc12. The predicted molar refractivity (Wildman–Crippen MR) is 90.4 cm³/mol. The molecule has 0 spiro atoms. The Morgan fingerprint density at radius 2 is 2.08 bits per heavy atom. The second-order valence-corrected chi connectivity index (χ2v) is 5.61. The monoisotopic (exact) mass is 326 g/mol. The van der Waals surface area contributed by atoms with Crippen LogP contribution in [0, 0.1) is 6.92 Å². The first kappa shape index (κ1) is 15.9. The normalized spacial score (nSPS) is 12.1. The lowest BCUT2D eigenvalue weighted by atomic mass is 10.2. The molecule has 1 amide bonds. The second-order valence-electron chi connectivity index (χ2n) is 5.61. The number of para-hydroxylation sites is 1. The van der Waals surface area contributed by atoms with E-state index in [4.69, 9.17) is 9.15 Å². The van der Waals surface area contributed by atoms with Crippen LogP contribution in [0.5, 0.6) is 5.75 Å². The highest BCUT2D eigenvalue weighted by Gasteiger charge is 2.18. The van der Waals surface area contributed by atoms with Gasteiger partial charge in [0, 0.05) is 11.1 Å². The molecule has 2 aromatic heterocycles. The minimum atomic E-state index is -0.448. The molecule has 3 rings (SSSR count). The fourth-order valence-corrected chi connectivity index (χ4v) is 2.53. The number of pyridine rings is 1. The summed E-state index contributed by atoms with van der Waals surface area (Å²) in [6.45, 7) is 3.55. The van der Waals surface area contributed by atoms with E-state index in [1.807, 2.05) is 24.3 Å². The number of H-pyrrole nitrogens is 1. The van der Waals surface area contributed by atoms with Crippen molar-refractivity contribution in [3.05, 3.63) is 63.8 Å². The summed E-state index contributed by atoms with van der Waals surface area (Å²) >= 11 is 0. The van der Waals surface area contributed by atoms with Gasteiger partial charge in [-0.05, 0) is 38.1 Å². The average Bonchev–Trinajstić information content (AvgIpc) is 2.98. The van der Waals surface area contributed by atoms with E-state index in [1.54, 1.807) is 27.0 Å². The number of hydrogen-bond acceptors (Lipinski definition) is 4. The molecule has 0 saturated heterocycles. The molecule has 124 valence electrons. The number of nitrogens with one attached hydrogen (secondary N) is 2. The Labute approximate surface area is 138 Å². The highest BCUT2D eigenvalue weighted by molar-refractivity contribution is 5.94. The molecule has 0 aliphatic rings. The van der Waals surface area contributed by atoms with Crippen molar-refractivity contribution in [3.8, 4) is 5.75 Å². The van der Waals surface area contributed by atoms with E-state index in [1.165, 1.54) is 6.07 Å². The van der Waals surface area contributed by atoms with Gasteiger partial charge in [0.2, 0.25) is 0 Å². The van der Waals surface area contributed by atoms with Crippen LogP contribution in [0.15, 0.2) is 45.6 Å². The van der Waals surface area contributed by atoms with E-state index in [2.05, 4.69) is 10.3 Å². The Hall–Kier alpha value is -3.02. The summed E-state index contributed by atoms with van der Waals surface area (Å²) in [4.78, 5) is 26.8. The van der Waals surface area contributed by atoms with Crippen LogP contribution in [-0.2, 0) is 0 Å². The zero-order valence-corrected chi connectivity index (χ0v) is 13.7. The van der Waals surface area contributed by atoms with Gasteiger partial charge in [-0.15, -0.1) is 0 Å². The van der Waals surface area contributed by atoms with Crippen LogP contribution in [0.3, 0.4) is 0 Å². The van der Waals surface area contributed by atoms with Crippen molar-refractivity contribution >= 4 is 16.9 Å². The fourth-order valence-electron chi connectivity index (χ4n) is 2.53. The van der Waals surface area contributed by atoms with E-state index in [-0.39, 0.29) is 5.56 Å². The molecule has 6 heteroatoms. The molecule has 24 heavy (non-hydrogen) atoms. The smallest absolute Gasteiger partial charge is 0.260 e. The van der Waals surface area contributed by atoms with Crippen molar-refractivity contribution in [2.45, 2.75) is 19.9 Å². The number of methoxy groups -OCH3 is 1. The topological polar surface area (TPSA) is 84.3 Å². The summed E-state index contributed by atoms with van der Waals surface area (Å²) in [6.07, 6.45) is 0. The summed E-state index contributed by atoms with van der Waals surface area (Å²) in [5, 5.41) is 3.67. The first-order chi connectivity index (χ1) is 11.5. The Balaban J connectivity index is 1.85. The number of carbonyl (C=O) groups is 1. The van der Waals surface area contributed by atoms with Crippen molar-refractivity contribution in [1.29, 1.82) is 0 Å². The zero-order chi connectivity index (χ0) is 17.3. The summed E-state index contributed by atoms with van der Waals surface area (Å²) < 4.78 is 11.1. The molecule has 2 N–H and O–H groups in total. The van der Waals surface area contributed by atoms with Crippen molar-refractivity contribution in [2.24, 2.45) is 0 Å². The lowest BCUT2D eigenvalue weighted by molar-refractivity contribution is 0.0934. The van der Waals surface area contributed by atoms with Crippen molar-refractivity contribution < 1.29 is 13.9 Å². The lowest BCUT2D eigenvalue weighted by Crippen LogP contribution is -2.31. The minimum absolute atomic E-state index is 0.0705. The molecule has 0 bridgehead atoms. The summed E-state index contributed by atoms with van der Waals surface area (Å²) in [5.41, 5.74) is 0.991. The number of rotatable bonds is 4. The number of hydrogen-bond donors (Lipinski definition) is 2. The van der Waals surface area contributed by atoms with Gasteiger partial charge in [-0.2, -0.15) is 0 Å². The number of ether oxygens (including phenoxy) is 1. The minimum Gasteiger partial charge on any atom is -0.493 e. The van der Waals surface area contributed by atoms with Crippen LogP contribution in [0.2, 0.25) is 0 Å². The molecule has 0 fully saturated rings. The molecular weight excluding hydrogens is 308 g/mol. The van der Waals surface area contributed by atoms with Crippen molar-refractivity contribution in [1.82, 2.24) is 10.3 Å². The number of furan rings is 1. The molecule has 0 aliphatic heterocycles. The molecule has 3 aromatic rings. The maximum absolute atomic E-state index is 12.3. The quantitative estimate of drug-likeness (QED) is 0.772. The Bertz CT molecular complexity index is 955. The van der Waals surface area contributed by atoms with E-state index >= 15 is 0 Å². The van der Waals surface area contributed by atoms with Gasteiger partial charge in [0.15, 0.2) is 11.3 Å². The maximum Gasteiger partial charge on any atom is 0.260 e. The predicted octanol–water partition coefficient (Wildman–Crippen LogP) is 2.93. The maximum atomic E-state index is 12.3. The molecule has 0 saturated carbocycles. The number of fused-ring (bicyclic) bond motifs is 1. The average molecular weight is 326 g/mol. The molecule has 1 aromatic carbocycles. The van der Waals surface area contributed by atoms with Gasteiger partial charge in [0.05, 0.1) is 13.2 Å². The first-order valence-corrected chi connectivity index (χ1v) is 7.57. The van der Waals surface area contributed by atoms with Gasteiger partial charge in [0.25, 0.3) is 11.5 Å². The molecule has 0 radical (unpaired) electrons. The number of amides is 1. The third-order valence-electron chi connectivity index (χ3n) is 3.82. The Kier molecular flexibility index (Phi) is 4.12. The van der Waals surface area contributed by atoms with Crippen LogP contribution in [-0.4, -0.2) is 18.0 Å². The van der Waals surface area contributed by atoms with Crippen LogP contribution < -0.4 is 15.6 Å². The molecular formula is C18H18N2O4. The Morgan fingerprint density at radius 1 is 1.29 bits per heavy atom. The molecule has 6 nitrogen and oxygen atoms in total. The van der Waals surface area contributed by atoms with Crippen LogP contribution >= 0.6 is 0 Å². The van der Waals surface area contributed by atoms with Crippen LogP contribution in [0.25, 0.3) is 11.0 Å². The fraction of sp³-hybridized carbons (Fsp3) is 0.222. The summed E-state index contributed by atoms with van der Waals surface area (Å²) in [6, 6.07) is 10.2. The highest BCUT2D eigenvalue weighted by atomic mass is 16.5. The van der Waals surface area contributed by atoms with Crippen LogP contribution in [0.1, 0.15) is 34.8 Å². The number of benzene rings is 1. The molecule has 0 aliphatic carbocycles. The van der Waals surface area contributed by atoms with E-state index < -0.39 is 17.5 Å². The van der Waals surface area contributed by atoms with Crippen molar-refractivity contribution in [2.75, 3.05) is 7.11 Å². The van der Waals surface area contributed by atoms with E-state index in [9.17, 15) is 9.59 Å². The van der Waals surface area contributed by atoms with Gasteiger partial charge in [0.1, 0.15) is 11.3 Å². The summed E-state index contributed by atoms with van der Waals surface area (Å²) in [5.74, 6) is 0.773. The molecule has 2 heterocycles. The zero-order valence-electron chi connectivity index (χ0n) is 13.7. The van der Waals surface area contributed by atoms with Gasteiger partial charge in [-0.1, -0.05) is 12.1 Å². The summed E-state index contributed by atoms with van der Waals surface area (Å²) in [7, 11) is 1.58. The lowest BCUT2D eigenvalue weighted by Gasteiger charge is -2.11. The molecule has 1 atom stereocenters. The third-order valence-corrected chi connectivity index (χ3v) is 3.82. The number of carbonyl (C=O) groups excluding carboxylic acids is 1. The second kappa shape index (κ2) is 6.23. The number of aromatic nitrogens is 1. The van der Waals surface area contributed by atoms with Gasteiger partial charge >= 0.3 is 0 Å². The van der Waals surface area contributed by atoms with Crippen molar-refractivity contribution in [3.63, 3.8) is 0 Å². The first-order valence-electron chi connectivity index (χ1n) is 7.57. The number of aryl methyl sites for hydroxylation is 1. The Morgan fingerprint density at radius 3 is 2.79 bits per heavy atom. The van der Waals surface area contributed by atoms with E-state index in [0.29, 0.717) is 22.8 Å². The highest BCUT2D eigenvalue weighted by Crippen LogP contribution is 2.30.